The van der Waals surface area contributed by atoms with Gasteiger partial charge in [0, 0.05) is 0 Å². The maximum atomic E-state index is 12.2. The number of rotatable bonds is 5. The second-order valence-electron chi connectivity index (χ2n) is 3.43. The Morgan fingerprint density at radius 2 is 1.80 bits per heavy atom. The molecule has 1 fully saturated rings. The third-order valence-electron chi connectivity index (χ3n) is 2.27. The quantitative estimate of drug-likeness (QED) is 0.696. The van der Waals surface area contributed by atoms with E-state index in [1.165, 1.54) is 0 Å². The van der Waals surface area contributed by atoms with Gasteiger partial charge in [-0.15, -0.1) is 0 Å². The lowest BCUT2D eigenvalue weighted by atomic mass is 10.4. The fourth-order valence-corrected chi connectivity index (χ4v) is 6.44. The third kappa shape index (κ3) is 3.28. The first-order valence-electron chi connectivity index (χ1n) is 5.02. The van der Waals surface area contributed by atoms with Gasteiger partial charge >= 0.3 is 7.60 Å². The number of hydrogen-bond donors (Lipinski definition) is 0. The molecule has 1 unspecified atom stereocenters. The van der Waals surface area contributed by atoms with E-state index in [2.05, 4.69) is 0 Å². The van der Waals surface area contributed by atoms with Gasteiger partial charge in [0.1, 0.15) is 0 Å². The number of sulfone groups is 1. The predicted molar refractivity (Wildman–Crippen MR) is 57.9 cm³/mol. The minimum absolute atomic E-state index is 0.0791. The lowest BCUT2D eigenvalue weighted by molar-refractivity contribution is 0.213. The fourth-order valence-electron chi connectivity index (χ4n) is 1.63. The molecule has 1 aliphatic rings. The van der Waals surface area contributed by atoms with Gasteiger partial charge in [-0.25, -0.2) is 8.42 Å². The predicted octanol–water partition coefficient (Wildman–Crippen LogP) is 1.44. The summed E-state index contributed by atoms with van der Waals surface area (Å²) >= 11 is 0. The second-order valence-corrected chi connectivity index (χ2v) is 7.99. The molecular formula is C8H17O5PS. The average Bonchev–Trinajstić information content (AvgIpc) is 2.47. The minimum Gasteiger partial charge on any atom is -0.309 e. The van der Waals surface area contributed by atoms with Crippen molar-refractivity contribution in [3.63, 3.8) is 0 Å². The molecule has 0 amide bonds. The molecule has 0 aromatic carbocycles. The van der Waals surface area contributed by atoms with Crippen LogP contribution >= 0.6 is 7.60 Å². The van der Waals surface area contributed by atoms with Crippen LogP contribution in [0.1, 0.15) is 20.3 Å². The second kappa shape index (κ2) is 4.95. The Morgan fingerprint density at radius 3 is 2.13 bits per heavy atom. The van der Waals surface area contributed by atoms with Crippen LogP contribution in [0.5, 0.6) is 0 Å². The topological polar surface area (TPSA) is 69.7 Å². The maximum absolute atomic E-state index is 12.2. The molecule has 90 valence electrons. The summed E-state index contributed by atoms with van der Waals surface area (Å²) in [6, 6.07) is 0. The van der Waals surface area contributed by atoms with Crippen molar-refractivity contribution in [2.24, 2.45) is 0 Å². The zero-order valence-corrected chi connectivity index (χ0v) is 10.7. The monoisotopic (exact) mass is 256 g/mol. The van der Waals surface area contributed by atoms with E-state index in [4.69, 9.17) is 9.05 Å². The van der Waals surface area contributed by atoms with E-state index in [0.717, 1.165) is 0 Å². The fraction of sp³-hybridized carbons (Fsp3) is 1.00. The first kappa shape index (κ1) is 13.2. The van der Waals surface area contributed by atoms with Crippen molar-refractivity contribution >= 4 is 17.4 Å². The summed E-state index contributed by atoms with van der Waals surface area (Å²) < 4.78 is 45.0. The van der Waals surface area contributed by atoms with E-state index in [0.29, 0.717) is 6.42 Å². The van der Waals surface area contributed by atoms with Gasteiger partial charge in [-0.1, -0.05) is 0 Å². The summed E-state index contributed by atoms with van der Waals surface area (Å²) in [5.74, 6) is 0.00603. The lowest BCUT2D eigenvalue weighted by Gasteiger charge is -2.21. The zero-order chi connectivity index (χ0) is 11.5. The highest BCUT2D eigenvalue weighted by molar-refractivity contribution is 7.92. The van der Waals surface area contributed by atoms with Crippen LogP contribution < -0.4 is 0 Å². The van der Waals surface area contributed by atoms with Crippen molar-refractivity contribution in [1.29, 1.82) is 0 Å². The Balaban J connectivity index is 2.78. The van der Waals surface area contributed by atoms with Gasteiger partial charge in [0.05, 0.1) is 30.4 Å². The van der Waals surface area contributed by atoms with Gasteiger partial charge in [0.15, 0.2) is 9.84 Å². The van der Waals surface area contributed by atoms with Crippen molar-refractivity contribution in [3.8, 4) is 0 Å². The first-order chi connectivity index (χ1) is 6.93. The van der Waals surface area contributed by atoms with Crippen LogP contribution in [-0.2, 0) is 23.4 Å². The average molecular weight is 256 g/mol. The largest absolute Gasteiger partial charge is 0.334 e. The summed E-state index contributed by atoms with van der Waals surface area (Å²) in [5, 5.41) is 0. The molecule has 0 N–H and O–H groups in total. The van der Waals surface area contributed by atoms with Gasteiger partial charge in [-0.2, -0.15) is 0 Å². The lowest BCUT2D eigenvalue weighted by Crippen LogP contribution is -2.15. The summed E-state index contributed by atoms with van der Waals surface area (Å²) in [5.41, 5.74) is -0.484. The van der Waals surface area contributed by atoms with Crippen LogP contribution in [-0.4, -0.2) is 38.8 Å². The van der Waals surface area contributed by atoms with E-state index in [1.807, 2.05) is 0 Å². The van der Waals surface area contributed by atoms with Crippen molar-refractivity contribution in [2.45, 2.75) is 25.9 Å². The molecule has 0 bridgehead atoms. The number of hydrogen-bond acceptors (Lipinski definition) is 5. The minimum atomic E-state index is -3.23. The molecule has 7 heteroatoms. The highest BCUT2D eigenvalue weighted by Crippen LogP contribution is 2.56. The van der Waals surface area contributed by atoms with Crippen LogP contribution in [0.2, 0.25) is 0 Å². The molecule has 5 nitrogen and oxygen atoms in total. The van der Waals surface area contributed by atoms with Crippen LogP contribution in [0.4, 0.5) is 0 Å². The molecule has 1 rings (SSSR count). The van der Waals surface area contributed by atoms with Crippen LogP contribution in [0, 0.1) is 0 Å². The molecule has 0 aromatic heterocycles. The molecule has 1 aliphatic heterocycles. The molecule has 1 saturated heterocycles. The SMILES string of the molecule is CCOP(=O)(OCC)C1CCS(=O)(=O)C1. The molecule has 0 radical (unpaired) electrons. The van der Waals surface area contributed by atoms with Crippen LogP contribution in [0.15, 0.2) is 0 Å². The van der Waals surface area contributed by atoms with Gasteiger partial charge in [-0.05, 0) is 20.3 Å². The zero-order valence-electron chi connectivity index (χ0n) is 9.01. The molecule has 0 spiro atoms. The summed E-state index contributed by atoms with van der Waals surface area (Å²) in [6.07, 6.45) is 0.375. The Kier molecular flexibility index (Phi) is 4.35. The van der Waals surface area contributed by atoms with E-state index >= 15 is 0 Å². The Morgan fingerprint density at radius 1 is 1.27 bits per heavy atom. The van der Waals surface area contributed by atoms with Gasteiger partial charge < -0.3 is 9.05 Å². The van der Waals surface area contributed by atoms with Crippen molar-refractivity contribution in [2.75, 3.05) is 24.7 Å². The standard InChI is InChI=1S/C8H17O5PS/c1-3-12-14(9,13-4-2)8-5-6-15(10,11)7-8/h8H,3-7H2,1-2H3. The van der Waals surface area contributed by atoms with Gasteiger partial charge in [-0.3, -0.25) is 4.57 Å². The highest BCUT2D eigenvalue weighted by Gasteiger charge is 2.43. The molecule has 0 saturated carbocycles. The highest BCUT2D eigenvalue weighted by atomic mass is 32.2. The van der Waals surface area contributed by atoms with Crippen LogP contribution in [0.3, 0.4) is 0 Å². The third-order valence-corrected chi connectivity index (χ3v) is 6.86. The first-order valence-corrected chi connectivity index (χ1v) is 8.46. The van der Waals surface area contributed by atoms with E-state index in [9.17, 15) is 13.0 Å². The maximum Gasteiger partial charge on any atom is 0.334 e. The molecule has 1 atom stereocenters. The Bertz CT molecular complexity index is 340. The Labute approximate surface area is 90.6 Å². The molecule has 0 aromatic rings. The molecular weight excluding hydrogens is 239 g/mol. The summed E-state index contributed by atoms with van der Waals surface area (Å²) in [7, 11) is -6.27. The normalized spacial score (nSPS) is 25.6. The van der Waals surface area contributed by atoms with Gasteiger partial charge in [0.25, 0.3) is 0 Å². The Hall–Kier alpha value is 0.100. The molecule has 0 aliphatic carbocycles. The summed E-state index contributed by atoms with van der Waals surface area (Å²) in [4.78, 5) is 0. The van der Waals surface area contributed by atoms with E-state index in [1.54, 1.807) is 13.8 Å². The van der Waals surface area contributed by atoms with Gasteiger partial charge in [0.2, 0.25) is 0 Å². The van der Waals surface area contributed by atoms with Crippen molar-refractivity contribution < 1.29 is 22.0 Å². The smallest absolute Gasteiger partial charge is 0.309 e. The van der Waals surface area contributed by atoms with E-state index < -0.39 is 23.1 Å². The van der Waals surface area contributed by atoms with E-state index in [-0.39, 0.29) is 24.7 Å². The molecule has 15 heavy (non-hydrogen) atoms. The molecule has 1 heterocycles. The summed E-state index contributed by atoms with van der Waals surface area (Å²) in [6.45, 7) is 3.98. The van der Waals surface area contributed by atoms with Crippen LogP contribution in [0.25, 0.3) is 0 Å². The van der Waals surface area contributed by atoms with Crippen molar-refractivity contribution in [3.05, 3.63) is 0 Å². The van der Waals surface area contributed by atoms with Crippen molar-refractivity contribution in [1.82, 2.24) is 0 Å².